The van der Waals surface area contributed by atoms with E-state index in [1.807, 2.05) is 60.7 Å². The highest BCUT2D eigenvalue weighted by Crippen LogP contribution is 2.22. The summed E-state index contributed by atoms with van der Waals surface area (Å²) >= 11 is 5.95. The molecule has 0 aromatic heterocycles. The third-order valence-corrected chi connectivity index (χ3v) is 7.27. The lowest BCUT2D eigenvalue weighted by atomic mass is 10.0. The molecule has 4 aromatic rings. The first-order chi connectivity index (χ1) is 18.3. The monoisotopic (exact) mass is 545 g/mol. The van der Waals surface area contributed by atoms with E-state index < -0.39 is 10.0 Å². The van der Waals surface area contributed by atoms with Crippen molar-refractivity contribution in [2.45, 2.75) is 19.4 Å². The van der Waals surface area contributed by atoms with Crippen molar-refractivity contribution in [1.82, 2.24) is 5.43 Å². The van der Waals surface area contributed by atoms with Crippen LogP contribution < -0.4 is 9.73 Å². The maximum atomic E-state index is 12.9. The van der Waals surface area contributed by atoms with Gasteiger partial charge in [-0.2, -0.15) is 5.10 Å². The maximum absolute atomic E-state index is 12.9. The Hall–Kier alpha value is -3.94. The molecule has 0 radical (unpaired) electrons. The third-order valence-electron chi connectivity index (χ3n) is 5.87. The van der Waals surface area contributed by atoms with E-state index in [1.165, 1.54) is 4.31 Å². The van der Waals surface area contributed by atoms with Gasteiger partial charge < -0.3 is 0 Å². The van der Waals surface area contributed by atoms with Crippen molar-refractivity contribution in [3.63, 3.8) is 0 Å². The van der Waals surface area contributed by atoms with Crippen LogP contribution in [0.4, 0.5) is 5.69 Å². The van der Waals surface area contributed by atoms with Gasteiger partial charge in [0.05, 0.1) is 18.5 Å². The molecule has 194 valence electrons. The molecule has 6 nitrogen and oxygen atoms in total. The van der Waals surface area contributed by atoms with Crippen LogP contribution >= 0.6 is 11.6 Å². The van der Waals surface area contributed by atoms with Crippen molar-refractivity contribution >= 4 is 38.9 Å². The molecular weight excluding hydrogens is 518 g/mol. The molecule has 8 heteroatoms. The standard InChI is InChI=1S/C30H28ClN3O3S/c1-38(36,37)34(22-25-12-16-27(31)17-13-25)29-18-14-26(15-19-29)30(35)33-32-28(20-23-8-4-2-5-9-23)21-24-10-6-3-7-11-24/h2-19H,20-22H2,1H3,(H,33,35). The summed E-state index contributed by atoms with van der Waals surface area (Å²) in [6, 6.07) is 33.3. The average Bonchev–Trinajstić information content (AvgIpc) is 2.92. The number of benzene rings is 4. The molecule has 1 N–H and O–H groups in total. The molecule has 0 atom stereocenters. The number of carbonyl (C=O) groups excluding carboxylic acids is 1. The zero-order valence-corrected chi connectivity index (χ0v) is 22.5. The minimum atomic E-state index is -3.56. The predicted octanol–water partition coefficient (Wildman–Crippen LogP) is 5.88. The van der Waals surface area contributed by atoms with E-state index in [0.717, 1.165) is 28.7 Å². The van der Waals surface area contributed by atoms with Crippen LogP contribution in [-0.2, 0) is 29.4 Å². The van der Waals surface area contributed by atoms with Crippen molar-refractivity contribution in [2.75, 3.05) is 10.6 Å². The number of hydrazone groups is 1. The minimum Gasteiger partial charge on any atom is -0.267 e. The largest absolute Gasteiger partial charge is 0.271 e. The molecule has 0 aliphatic heterocycles. The molecule has 0 spiro atoms. The molecule has 0 saturated heterocycles. The van der Waals surface area contributed by atoms with E-state index in [1.54, 1.807) is 48.5 Å². The number of amides is 1. The number of hydrogen-bond donors (Lipinski definition) is 1. The van der Waals surface area contributed by atoms with Gasteiger partial charge in [-0.3, -0.25) is 9.10 Å². The van der Waals surface area contributed by atoms with Gasteiger partial charge in [0.25, 0.3) is 5.91 Å². The lowest BCUT2D eigenvalue weighted by Gasteiger charge is -2.22. The van der Waals surface area contributed by atoms with E-state index in [4.69, 9.17) is 11.6 Å². The Bertz CT molecular complexity index is 1450. The van der Waals surface area contributed by atoms with Crippen LogP contribution in [0.2, 0.25) is 5.02 Å². The number of hydrogen-bond acceptors (Lipinski definition) is 4. The van der Waals surface area contributed by atoms with Crippen molar-refractivity contribution < 1.29 is 13.2 Å². The number of sulfonamides is 1. The second kappa shape index (κ2) is 12.5. The molecule has 0 aliphatic rings. The summed E-state index contributed by atoms with van der Waals surface area (Å²) in [6.07, 6.45) is 2.35. The highest BCUT2D eigenvalue weighted by atomic mass is 35.5. The summed E-state index contributed by atoms with van der Waals surface area (Å²) in [4.78, 5) is 12.9. The molecule has 4 rings (SSSR count). The van der Waals surface area contributed by atoms with Crippen LogP contribution in [-0.4, -0.2) is 26.3 Å². The normalized spacial score (nSPS) is 11.0. The van der Waals surface area contributed by atoms with Gasteiger partial charge in [-0.25, -0.2) is 13.8 Å². The highest BCUT2D eigenvalue weighted by Gasteiger charge is 2.18. The van der Waals surface area contributed by atoms with E-state index in [-0.39, 0.29) is 12.5 Å². The predicted molar refractivity (Wildman–Crippen MR) is 154 cm³/mol. The SMILES string of the molecule is CS(=O)(=O)N(Cc1ccc(Cl)cc1)c1ccc(C(=O)NN=C(Cc2ccccc2)Cc2ccccc2)cc1. The van der Waals surface area contributed by atoms with E-state index >= 15 is 0 Å². The van der Waals surface area contributed by atoms with E-state index in [9.17, 15) is 13.2 Å². The van der Waals surface area contributed by atoms with Crippen molar-refractivity contribution in [2.24, 2.45) is 5.10 Å². The Morgan fingerprint density at radius 1 is 0.763 bits per heavy atom. The van der Waals surface area contributed by atoms with Crippen molar-refractivity contribution in [3.8, 4) is 0 Å². The van der Waals surface area contributed by atoms with Crippen LogP contribution in [0.5, 0.6) is 0 Å². The van der Waals surface area contributed by atoms with Gasteiger partial charge in [0, 0.05) is 29.1 Å². The fraction of sp³-hybridized carbons (Fsp3) is 0.133. The molecule has 0 aliphatic carbocycles. The zero-order chi connectivity index (χ0) is 27.0. The van der Waals surface area contributed by atoms with Crippen LogP contribution in [0.1, 0.15) is 27.0 Å². The van der Waals surface area contributed by atoms with E-state index in [0.29, 0.717) is 29.1 Å². The lowest BCUT2D eigenvalue weighted by molar-refractivity contribution is 0.0954. The molecular formula is C30H28ClN3O3S. The first-order valence-electron chi connectivity index (χ1n) is 12.0. The van der Waals surface area contributed by atoms with Gasteiger partial charge >= 0.3 is 0 Å². The summed E-state index contributed by atoms with van der Waals surface area (Å²) < 4.78 is 26.3. The number of carbonyl (C=O) groups is 1. The minimum absolute atomic E-state index is 0.147. The van der Waals surface area contributed by atoms with Crippen LogP contribution in [0.3, 0.4) is 0 Å². The van der Waals surface area contributed by atoms with Gasteiger partial charge in [0.15, 0.2) is 0 Å². The molecule has 0 saturated carbocycles. The topological polar surface area (TPSA) is 78.8 Å². The summed E-state index contributed by atoms with van der Waals surface area (Å²) in [5.41, 5.74) is 7.30. The first kappa shape index (κ1) is 27.1. The number of rotatable bonds is 10. The second-order valence-electron chi connectivity index (χ2n) is 8.89. The number of halogens is 1. The lowest BCUT2D eigenvalue weighted by Crippen LogP contribution is -2.29. The Labute approximate surface area is 228 Å². The number of nitrogens with one attached hydrogen (secondary N) is 1. The third kappa shape index (κ3) is 7.78. The van der Waals surface area contributed by atoms with Crippen molar-refractivity contribution in [1.29, 1.82) is 0 Å². The summed E-state index contributed by atoms with van der Waals surface area (Å²) in [5.74, 6) is -0.376. The van der Waals surface area contributed by atoms with E-state index in [2.05, 4.69) is 10.5 Å². The molecule has 38 heavy (non-hydrogen) atoms. The van der Waals surface area contributed by atoms with Gasteiger partial charge in [0.1, 0.15) is 0 Å². The zero-order valence-electron chi connectivity index (χ0n) is 20.9. The fourth-order valence-electron chi connectivity index (χ4n) is 3.93. The molecule has 4 aromatic carbocycles. The first-order valence-corrected chi connectivity index (χ1v) is 14.3. The van der Waals surface area contributed by atoms with Crippen molar-refractivity contribution in [3.05, 3.63) is 136 Å². The maximum Gasteiger partial charge on any atom is 0.271 e. The van der Waals surface area contributed by atoms with Gasteiger partial charge in [-0.15, -0.1) is 0 Å². The Balaban J connectivity index is 1.49. The quantitative estimate of drug-likeness (QED) is 0.200. The molecule has 0 fully saturated rings. The Kier molecular flexibility index (Phi) is 8.94. The van der Waals surface area contributed by atoms with Crippen LogP contribution in [0.25, 0.3) is 0 Å². The summed E-state index contributed by atoms with van der Waals surface area (Å²) in [7, 11) is -3.56. The molecule has 1 amide bonds. The summed E-state index contributed by atoms with van der Waals surface area (Å²) in [6.45, 7) is 0.147. The Morgan fingerprint density at radius 3 is 1.79 bits per heavy atom. The van der Waals surface area contributed by atoms with Gasteiger partial charge in [-0.1, -0.05) is 84.4 Å². The van der Waals surface area contributed by atoms with Gasteiger partial charge in [0.2, 0.25) is 10.0 Å². The van der Waals surface area contributed by atoms with Crippen LogP contribution in [0, 0.1) is 0 Å². The smallest absolute Gasteiger partial charge is 0.267 e. The molecule has 0 unspecified atom stereocenters. The Morgan fingerprint density at radius 2 is 1.29 bits per heavy atom. The molecule has 0 heterocycles. The molecule has 0 bridgehead atoms. The average molecular weight is 546 g/mol. The number of anilines is 1. The second-order valence-corrected chi connectivity index (χ2v) is 11.2. The number of nitrogens with zero attached hydrogens (tertiary/aromatic N) is 2. The summed E-state index contributed by atoms with van der Waals surface area (Å²) in [5, 5.41) is 5.03. The van der Waals surface area contributed by atoms with Crippen LogP contribution in [0.15, 0.2) is 114 Å². The van der Waals surface area contributed by atoms with Gasteiger partial charge in [-0.05, 0) is 53.1 Å². The fourth-order valence-corrected chi connectivity index (χ4v) is 4.95. The highest BCUT2D eigenvalue weighted by molar-refractivity contribution is 7.92.